The molecule has 0 atom stereocenters. The standard InChI is InChI=1S/C15H13ClN4O2.ClH/c16-10-5-2-1-4-9(10)12-8-11(19-21-12)13-18-14(20-22-13)15(17)6-3-7-15;/h1-2,4-5,8H,3,6-7,17H2;1H. The molecule has 0 saturated heterocycles. The highest BCUT2D eigenvalue weighted by Gasteiger charge is 2.39. The molecule has 2 N–H and O–H groups in total. The molecular weight excluding hydrogens is 339 g/mol. The SMILES string of the molecule is Cl.NC1(c2noc(-c3cc(-c4ccccc4Cl)on3)n2)CCC1. The molecule has 0 bridgehead atoms. The maximum Gasteiger partial charge on any atom is 0.280 e. The van der Waals surface area contributed by atoms with Crippen LogP contribution in [-0.4, -0.2) is 15.3 Å². The van der Waals surface area contributed by atoms with Gasteiger partial charge in [0.05, 0.1) is 10.6 Å². The zero-order chi connectivity index (χ0) is 15.2. The topological polar surface area (TPSA) is 91.0 Å². The van der Waals surface area contributed by atoms with E-state index < -0.39 is 5.54 Å². The quantitative estimate of drug-likeness (QED) is 0.770. The van der Waals surface area contributed by atoms with E-state index in [2.05, 4.69) is 15.3 Å². The van der Waals surface area contributed by atoms with Gasteiger partial charge in [0.1, 0.15) is 0 Å². The predicted octanol–water partition coefficient (Wildman–Crippen LogP) is 3.80. The molecule has 3 aromatic rings. The van der Waals surface area contributed by atoms with Gasteiger partial charge < -0.3 is 14.8 Å². The van der Waals surface area contributed by atoms with Crippen LogP contribution in [0, 0.1) is 0 Å². The van der Waals surface area contributed by atoms with Gasteiger partial charge in [-0.15, -0.1) is 12.4 Å². The van der Waals surface area contributed by atoms with Crippen LogP contribution in [0.15, 0.2) is 39.4 Å². The van der Waals surface area contributed by atoms with Crippen LogP contribution in [0.3, 0.4) is 0 Å². The zero-order valence-electron chi connectivity index (χ0n) is 12.0. The van der Waals surface area contributed by atoms with Crippen LogP contribution >= 0.6 is 24.0 Å². The molecule has 0 amide bonds. The van der Waals surface area contributed by atoms with Gasteiger partial charge in [-0.25, -0.2) is 0 Å². The Morgan fingerprint density at radius 1 is 1.13 bits per heavy atom. The van der Waals surface area contributed by atoms with Crippen molar-refractivity contribution in [2.75, 3.05) is 0 Å². The van der Waals surface area contributed by atoms with Crippen molar-refractivity contribution in [3.05, 3.63) is 41.2 Å². The average Bonchev–Trinajstić information content (AvgIpc) is 3.14. The number of rotatable bonds is 3. The maximum absolute atomic E-state index is 6.19. The van der Waals surface area contributed by atoms with Crippen molar-refractivity contribution in [3.63, 3.8) is 0 Å². The van der Waals surface area contributed by atoms with E-state index in [-0.39, 0.29) is 12.4 Å². The first-order valence-corrected chi connectivity index (χ1v) is 7.39. The Morgan fingerprint density at radius 3 is 2.61 bits per heavy atom. The average molecular weight is 353 g/mol. The Hall–Kier alpha value is -1.89. The summed E-state index contributed by atoms with van der Waals surface area (Å²) in [6.45, 7) is 0. The molecule has 1 aliphatic rings. The largest absolute Gasteiger partial charge is 0.355 e. The number of nitrogens with zero attached hydrogens (tertiary/aromatic N) is 3. The van der Waals surface area contributed by atoms with E-state index in [9.17, 15) is 0 Å². The van der Waals surface area contributed by atoms with Crippen molar-refractivity contribution in [1.82, 2.24) is 15.3 Å². The van der Waals surface area contributed by atoms with Crippen molar-refractivity contribution in [2.24, 2.45) is 5.73 Å². The number of hydrogen-bond acceptors (Lipinski definition) is 6. The van der Waals surface area contributed by atoms with Gasteiger partial charge in [-0.3, -0.25) is 0 Å². The summed E-state index contributed by atoms with van der Waals surface area (Å²) in [7, 11) is 0. The third-order valence-corrected chi connectivity index (χ3v) is 4.32. The van der Waals surface area contributed by atoms with Crippen molar-refractivity contribution >= 4 is 24.0 Å². The lowest BCUT2D eigenvalue weighted by Gasteiger charge is -2.34. The third-order valence-electron chi connectivity index (χ3n) is 3.99. The Balaban J connectivity index is 0.00000156. The molecule has 1 fully saturated rings. The first kappa shape index (κ1) is 16.0. The molecule has 0 radical (unpaired) electrons. The van der Waals surface area contributed by atoms with Crippen LogP contribution in [0.2, 0.25) is 5.02 Å². The zero-order valence-corrected chi connectivity index (χ0v) is 13.6. The van der Waals surface area contributed by atoms with E-state index in [1.54, 1.807) is 12.1 Å². The highest BCUT2D eigenvalue weighted by Crippen LogP contribution is 2.38. The second-order valence-corrected chi connectivity index (χ2v) is 5.90. The van der Waals surface area contributed by atoms with Crippen molar-refractivity contribution in [3.8, 4) is 22.9 Å². The summed E-state index contributed by atoms with van der Waals surface area (Å²) >= 11 is 6.15. The summed E-state index contributed by atoms with van der Waals surface area (Å²) in [5.74, 6) is 1.37. The fraction of sp³-hybridized carbons (Fsp3) is 0.267. The molecule has 0 aliphatic heterocycles. The molecule has 1 aliphatic carbocycles. The lowest BCUT2D eigenvalue weighted by molar-refractivity contribution is 0.229. The van der Waals surface area contributed by atoms with E-state index in [0.29, 0.717) is 28.2 Å². The lowest BCUT2D eigenvalue weighted by atomic mass is 9.77. The molecule has 23 heavy (non-hydrogen) atoms. The highest BCUT2D eigenvalue weighted by molar-refractivity contribution is 6.33. The Labute approximate surface area is 143 Å². The Morgan fingerprint density at radius 2 is 1.91 bits per heavy atom. The van der Waals surface area contributed by atoms with Crippen molar-refractivity contribution in [2.45, 2.75) is 24.8 Å². The molecule has 2 heterocycles. The first-order valence-electron chi connectivity index (χ1n) is 7.01. The number of benzene rings is 1. The molecule has 1 aromatic carbocycles. The number of halogens is 2. The predicted molar refractivity (Wildman–Crippen MR) is 87.2 cm³/mol. The summed E-state index contributed by atoms with van der Waals surface area (Å²) in [5.41, 5.74) is 6.95. The van der Waals surface area contributed by atoms with Crippen molar-refractivity contribution < 1.29 is 9.05 Å². The normalized spacial score (nSPS) is 15.7. The van der Waals surface area contributed by atoms with Crippen LogP contribution in [-0.2, 0) is 5.54 Å². The number of hydrogen-bond donors (Lipinski definition) is 1. The van der Waals surface area contributed by atoms with Crippen LogP contribution in [0.25, 0.3) is 22.9 Å². The molecular formula is C15H14Cl2N4O2. The molecule has 6 nitrogen and oxygen atoms in total. The summed E-state index contributed by atoms with van der Waals surface area (Å²) in [6, 6.07) is 9.10. The molecule has 2 aromatic heterocycles. The minimum atomic E-state index is -0.461. The Kier molecular flexibility index (Phi) is 4.14. The van der Waals surface area contributed by atoms with E-state index in [1.807, 2.05) is 18.2 Å². The van der Waals surface area contributed by atoms with Gasteiger partial charge in [-0.2, -0.15) is 4.98 Å². The second-order valence-electron chi connectivity index (χ2n) is 5.49. The summed E-state index contributed by atoms with van der Waals surface area (Å²) in [6.07, 6.45) is 2.83. The van der Waals surface area contributed by atoms with Gasteiger partial charge >= 0.3 is 0 Å². The van der Waals surface area contributed by atoms with E-state index in [0.717, 1.165) is 24.8 Å². The van der Waals surface area contributed by atoms with Crippen LogP contribution in [0.4, 0.5) is 0 Å². The smallest absolute Gasteiger partial charge is 0.280 e. The van der Waals surface area contributed by atoms with E-state index in [4.69, 9.17) is 26.4 Å². The summed E-state index contributed by atoms with van der Waals surface area (Å²) in [5, 5.41) is 8.53. The fourth-order valence-corrected chi connectivity index (χ4v) is 2.70. The fourth-order valence-electron chi connectivity index (χ4n) is 2.48. The minimum Gasteiger partial charge on any atom is -0.355 e. The van der Waals surface area contributed by atoms with Gasteiger partial charge in [0.25, 0.3) is 5.89 Å². The number of aromatic nitrogens is 3. The molecule has 8 heteroatoms. The van der Waals surface area contributed by atoms with Gasteiger partial charge in [-0.1, -0.05) is 34.0 Å². The van der Waals surface area contributed by atoms with Crippen LogP contribution in [0.1, 0.15) is 25.1 Å². The van der Waals surface area contributed by atoms with Gasteiger partial charge in [0, 0.05) is 11.6 Å². The summed E-state index contributed by atoms with van der Waals surface area (Å²) < 4.78 is 10.6. The van der Waals surface area contributed by atoms with Gasteiger partial charge in [-0.05, 0) is 31.4 Å². The molecule has 120 valence electrons. The van der Waals surface area contributed by atoms with E-state index in [1.165, 1.54) is 0 Å². The first-order chi connectivity index (χ1) is 10.7. The van der Waals surface area contributed by atoms with Gasteiger partial charge in [0.15, 0.2) is 17.3 Å². The van der Waals surface area contributed by atoms with Crippen LogP contribution in [0.5, 0.6) is 0 Å². The minimum absolute atomic E-state index is 0. The van der Waals surface area contributed by atoms with Crippen LogP contribution < -0.4 is 5.73 Å². The third kappa shape index (κ3) is 2.73. The molecule has 4 rings (SSSR count). The lowest BCUT2D eigenvalue weighted by Crippen LogP contribution is -2.44. The molecule has 0 unspecified atom stereocenters. The Bertz CT molecular complexity index is 826. The molecule has 1 saturated carbocycles. The maximum atomic E-state index is 6.19. The number of nitrogens with two attached hydrogens (primary N) is 1. The van der Waals surface area contributed by atoms with Gasteiger partial charge in [0.2, 0.25) is 0 Å². The summed E-state index contributed by atoms with van der Waals surface area (Å²) in [4.78, 5) is 4.35. The van der Waals surface area contributed by atoms with Crippen molar-refractivity contribution in [1.29, 1.82) is 0 Å². The van der Waals surface area contributed by atoms with E-state index >= 15 is 0 Å². The second kappa shape index (κ2) is 5.96. The highest BCUT2D eigenvalue weighted by atomic mass is 35.5. The molecule has 0 spiro atoms. The monoisotopic (exact) mass is 352 g/mol.